The molecular formula is C24H28N2O7. The number of benzene rings is 2. The predicted molar refractivity (Wildman–Crippen MR) is 120 cm³/mol. The molecule has 1 aliphatic rings. The Kier molecular flexibility index (Phi) is 8.39. The van der Waals surface area contributed by atoms with Crippen molar-refractivity contribution in [1.82, 2.24) is 10.6 Å². The minimum atomic E-state index is -1.35. The number of carbonyl (C=O) groups excluding carboxylic acids is 2. The number of amides is 2. The molecule has 0 fully saturated rings. The van der Waals surface area contributed by atoms with Gasteiger partial charge in [0, 0.05) is 19.6 Å². The molecule has 0 radical (unpaired) electrons. The van der Waals surface area contributed by atoms with Crippen molar-refractivity contribution in [2.75, 3.05) is 26.9 Å². The first-order chi connectivity index (χ1) is 15.9. The third kappa shape index (κ3) is 6.09. The highest BCUT2D eigenvalue weighted by Crippen LogP contribution is 2.44. The molecule has 9 nitrogen and oxygen atoms in total. The Bertz CT molecular complexity index is 949. The summed E-state index contributed by atoms with van der Waals surface area (Å²) in [7, 11) is 1.49. The van der Waals surface area contributed by atoms with Crippen molar-refractivity contribution in [1.29, 1.82) is 0 Å². The second kappa shape index (κ2) is 11.4. The molecule has 3 rings (SSSR count). The van der Waals surface area contributed by atoms with Gasteiger partial charge in [0.05, 0.1) is 19.1 Å². The molecule has 0 bridgehead atoms. The molecule has 0 spiro atoms. The molecule has 176 valence electrons. The van der Waals surface area contributed by atoms with E-state index in [2.05, 4.69) is 10.6 Å². The van der Waals surface area contributed by atoms with E-state index in [1.165, 1.54) is 7.11 Å². The van der Waals surface area contributed by atoms with Gasteiger partial charge in [-0.15, -0.1) is 0 Å². The van der Waals surface area contributed by atoms with Crippen LogP contribution in [0.4, 0.5) is 4.79 Å². The third-order valence-electron chi connectivity index (χ3n) is 5.57. The van der Waals surface area contributed by atoms with E-state index in [1.54, 1.807) is 0 Å². The van der Waals surface area contributed by atoms with Crippen molar-refractivity contribution in [3.8, 4) is 11.1 Å². The molecule has 0 saturated heterocycles. The lowest BCUT2D eigenvalue weighted by atomic mass is 9.98. The van der Waals surface area contributed by atoms with Crippen molar-refractivity contribution >= 4 is 18.0 Å². The lowest BCUT2D eigenvalue weighted by molar-refractivity contribution is -0.140. The topological polar surface area (TPSA) is 134 Å². The highest BCUT2D eigenvalue weighted by atomic mass is 16.5. The summed E-state index contributed by atoms with van der Waals surface area (Å²) in [4.78, 5) is 36.2. The van der Waals surface area contributed by atoms with Crippen LogP contribution in [0.2, 0.25) is 0 Å². The van der Waals surface area contributed by atoms with Crippen LogP contribution in [0, 0.1) is 0 Å². The average Bonchev–Trinajstić information content (AvgIpc) is 3.13. The summed E-state index contributed by atoms with van der Waals surface area (Å²) in [6, 6.07) is 13.8. The van der Waals surface area contributed by atoms with E-state index < -0.39 is 36.5 Å². The maximum atomic E-state index is 12.5. The third-order valence-corrected chi connectivity index (χ3v) is 5.57. The number of hydrogen-bond acceptors (Lipinski definition) is 6. The van der Waals surface area contributed by atoms with E-state index in [-0.39, 0.29) is 19.1 Å². The predicted octanol–water partition coefficient (Wildman–Crippen LogP) is 1.88. The standard InChI is InChI=1S/C24H28N2O7/c1-32-11-10-15(13-27)25-23(30)21(12-22(28)29)26-24(31)33-14-20-18-8-4-2-6-16(18)17-7-3-5-9-19(17)20/h2-9,15,20-21,27H,10-14H2,1H3,(H,25,30)(H,26,31)(H,28,29). The molecule has 2 atom stereocenters. The first-order valence-corrected chi connectivity index (χ1v) is 10.7. The molecule has 2 aromatic rings. The van der Waals surface area contributed by atoms with Gasteiger partial charge in [0.15, 0.2) is 0 Å². The van der Waals surface area contributed by atoms with Crippen molar-refractivity contribution in [3.05, 3.63) is 59.7 Å². The molecule has 33 heavy (non-hydrogen) atoms. The number of hydrogen-bond donors (Lipinski definition) is 4. The van der Waals surface area contributed by atoms with Crippen LogP contribution in [-0.2, 0) is 19.1 Å². The van der Waals surface area contributed by atoms with Crippen molar-refractivity contribution in [2.24, 2.45) is 0 Å². The van der Waals surface area contributed by atoms with Crippen molar-refractivity contribution < 1.29 is 34.1 Å². The molecule has 4 N–H and O–H groups in total. The Morgan fingerprint density at radius 1 is 1.00 bits per heavy atom. The summed E-state index contributed by atoms with van der Waals surface area (Å²) < 4.78 is 10.3. The fourth-order valence-corrected chi connectivity index (χ4v) is 3.94. The van der Waals surface area contributed by atoms with Crippen LogP contribution in [-0.4, -0.2) is 67.2 Å². The second-order valence-electron chi connectivity index (χ2n) is 7.79. The van der Waals surface area contributed by atoms with Crippen LogP contribution in [0.1, 0.15) is 29.9 Å². The number of methoxy groups -OCH3 is 1. The van der Waals surface area contributed by atoms with Gasteiger partial charge in [-0.1, -0.05) is 48.5 Å². The summed E-state index contributed by atoms with van der Waals surface area (Å²) >= 11 is 0. The van der Waals surface area contributed by atoms with Gasteiger partial charge in [0.25, 0.3) is 0 Å². The maximum Gasteiger partial charge on any atom is 0.407 e. The fourth-order valence-electron chi connectivity index (χ4n) is 3.94. The quantitative estimate of drug-likeness (QED) is 0.406. The fraction of sp³-hybridized carbons (Fsp3) is 0.375. The zero-order valence-corrected chi connectivity index (χ0v) is 18.3. The van der Waals surface area contributed by atoms with Gasteiger partial charge < -0.3 is 30.3 Å². The number of ether oxygens (including phenoxy) is 2. The van der Waals surface area contributed by atoms with E-state index in [0.29, 0.717) is 13.0 Å². The van der Waals surface area contributed by atoms with Crippen LogP contribution in [0.15, 0.2) is 48.5 Å². The van der Waals surface area contributed by atoms with Gasteiger partial charge in [-0.3, -0.25) is 9.59 Å². The molecule has 2 amide bonds. The van der Waals surface area contributed by atoms with Crippen molar-refractivity contribution in [2.45, 2.75) is 30.8 Å². The number of carboxylic acid groups (broad SMARTS) is 1. The van der Waals surface area contributed by atoms with Gasteiger partial charge in [0.1, 0.15) is 12.6 Å². The lowest BCUT2D eigenvalue weighted by Crippen LogP contribution is -2.51. The summed E-state index contributed by atoms with van der Waals surface area (Å²) in [5, 5.41) is 23.4. The lowest BCUT2D eigenvalue weighted by Gasteiger charge is -2.21. The SMILES string of the molecule is COCCC(CO)NC(=O)C(CC(=O)O)NC(=O)OCC1c2ccccc2-c2ccccc21. The highest BCUT2D eigenvalue weighted by molar-refractivity contribution is 5.89. The minimum Gasteiger partial charge on any atom is -0.481 e. The van der Waals surface area contributed by atoms with Crippen molar-refractivity contribution in [3.63, 3.8) is 0 Å². The maximum absolute atomic E-state index is 12.5. The van der Waals surface area contributed by atoms with Crippen LogP contribution < -0.4 is 10.6 Å². The molecule has 0 aromatic heterocycles. The second-order valence-corrected chi connectivity index (χ2v) is 7.79. The van der Waals surface area contributed by atoms with Crippen LogP contribution >= 0.6 is 0 Å². The summed E-state index contributed by atoms with van der Waals surface area (Å²) in [6.45, 7) is -0.0108. The highest BCUT2D eigenvalue weighted by Gasteiger charge is 2.30. The number of aliphatic carboxylic acids is 1. The Labute approximate surface area is 191 Å². The zero-order chi connectivity index (χ0) is 23.8. The number of aliphatic hydroxyl groups is 1. The minimum absolute atomic E-state index is 0.0361. The molecule has 2 aromatic carbocycles. The van der Waals surface area contributed by atoms with E-state index >= 15 is 0 Å². The number of aliphatic hydroxyl groups excluding tert-OH is 1. The van der Waals surface area contributed by atoms with Gasteiger partial charge in [-0.2, -0.15) is 0 Å². The van der Waals surface area contributed by atoms with Gasteiger partial charge in [-0.25, -0.2) is 4.79 Å². The Morgan fingerprint density at radius 2 is 1.61 bits per heavy atom. The first kappa shape index (κ1) is 24.2. The summed E-state index contributed by atoms with van der Waals surface area (Å²) in [5.41, 5.74) is 4.23. The Balaban J connectivity index is 1.64. The Morgan fingerprint density at radius 3 is 2.15 bits per heavy atom. The molecule has 9 heteroatoms. The number of rotatable bonds is 11. The zero-order valence-electron chi connectivity index (χ0n) is 18.3. The molecule has 2 unspecified atom stereocenters. The van der Waals surface area contributed by atoms with Gasteiger partial charge in [0.2, 0.25) is 5.91 Å². The van der Waals surface area contributed by atoms with E-state index in [9.17, 15) is 19.5 Å². The number of alkyl carbamates (subject to hydrolysis) is 1. The summed E-state index contributed by atoms with van der Waals surface area (Å²) in [5.74, 6) is -2.14. The molecule has 1 aliphatic carbocycles. The van der Waals surface area contributed by atoms with Gasteiger partial charge >= 0.3 is 12.1 Å². The molecule has 0 saturated carbocycles. The van der Waals surface area contributed by atoms with Gasteiger partial charge in [-0.05, 0) is 28.7 Å². The van der Waals surface area contributed by atoms with Crippen LogP contribution in [0.5, 0.6) is 0 Å². The number of nitrogens with one attached hydrogen (secondary N) is 2. The molecular weight excluding hydrogens is 428 g/mol. The largest absolute Gasteiger partial charge is 0.481 e. The molecule has 0 aliphatic heterocycles. The normalized spacial score (nSPS) is 14.0. The monoisotopic (exact) mass is 456 g/mol. The average molecular weight is 456 g/mol. The first-order valence-electron chi connectivity index (χ1n) is 10.7. The van der Waals surface area contributed by atoms with E-state index in [0.717, 1.165) is 22.3 Å². The van der Waals surface area contributed by atoms with Crippen LogP contribution in [0.3, 0.4) is 0 Å². The Hall–Kier alpha value is -3.43. The van der Waals surface area contributed by atoms with E-state index in [1.807, 2.05) is 48.5 Å². The number of carbonyl (C=O) groups is 3. The van der Waals surface area contributed by atoms with E-state index in [4.69, 9.17) is 14.6 Å². The number of fused-ring (bicyclic) bond motifs is 3. The van der Waals surface area contributed by atoms with Crippen LogP contribution in [0.25, 0.3) is 11.1 Å². The smallest absolute Gasteiger partial charge is 0.407 e. The molecule has 0 heterocycles. The number of carboxylic acids is 1. The summed E-state index contributed by atoms with van der Waals surface area (Å²) in [6.07, 6.45) is -1.18.